The molecule has 0 radical (unpaired) electrons. The number of benzene rings is 2. The van der Waals surface area contributed by atoms with Crippen LogP contribution in [-0.2, 0) is 32.5 Å². The maximum Gasteiger partial charge on any atom is 0.257 e. The van der Waals surface area contributed by atoms with Crippen molar-refractivity contribution < 1.29 is 19.0 Å². The first-order valence-corrected chi connectivity index (χ1v) is 10.8. The van der Waals surface area contributed by atoms with Crippen molar-refractivity contribution in [2.45, 2.75) is 39.5 Å². The van der Waals surface area contributed by atoms with E-state index in [1.807, 2.05) is 35.9 Å². The molecule has 1 aliphatic heterocycles. The number of ether oxygens (including phenoxy) is 1. The van der Waals surface area contributed by atoms with Crippen molar-refractivity contribution in [3.63, 3.8) is 0 Å². The van der Waals surface area contributed by atoms with Gasteiger partial charge in [0.1, 0.15) is 17.3 Å². The Labute approximate surface area is 210 Å². The van der Waals surface area contributed by atoms with Crippen molar-refractivity contribution in [1.82, 2.24) is 14.7 Å². The van der Waals surface area contributed by atoms with Crippen LogP contribution in [0.3, 0.4) is 0 Å². The number of hydrogen-bond acceptors (Lipinski definition) is 5. The fourth-order valence-electron chi connectivity index (χ4n) is 4.05. The Morgan fingerprint density at radius 1 is 1.18 bits per heavy atom. The third-order valence-corrected chi connectivity index (χ3v) is 5.71. The molecule has 2 aromatic carbocycles. The molecule has 10 heteroatoms. The molecule has 2 heterocycles. The van der Waals surface area contributed by atoms with E-state index in [1.54, 1.807) is 4.90 Å². The molecule has 0 saturated heterocycles. The van der Waals surface area contributed by atoms with Gasteiger partial charge in [0.05, 0.1) is 17.9 Å². The molecule has 1 aliphatic rings. The molecule has 0 atom stereocenters. The predicted molar refractivity (Wildman–Crippen MR) is 132 cm³/mol. The molecule has 0 unspecified atom stereocenters. The summed E-state index contributed by atoms with van der Waals surface area (Å²) in [7, 11) is 0. The summed E-state index contributed by atoms with van der Waals surface area (Å²) in [5, 5.41) is 14.1. The third-order valence-electron chi connectivity index (χ3n) is 5.71. The van der Waals surface area contributed by atoms with Crippen molar-refractivity contribution in [2.75, 3.05) is 13.1 Å². The molecule has 4 rings (SSSR count). The molecule has 34 heavy (non-hydrogen) atoms. The third kappa shape index (κ3) is 5.70. The SMILES string of the molecule is CCn1nc(CO)c2c1CCN(C(=O)c1cc(Oc3ccc(CCN)cc3)ccc1F)C2.Cl.Cl. The van der Waals surface area contributed by atoms with Crippen LogP contribution >= 0.6 is 24.8 Å². The van der Waals surface area contributed by atoms with Gasteiger partial charge in [0.15, 0.2) is 0 Å². The summed E-state index contributed by atoms with van der Waals surface area (Å²) < 4.78 is 22.3. The lowest BCUT2D eigenvalue weighted by Gasteiger charge is -2.28. The maximum absolute atomic E-state index is 14.6. The molecule has 0 saturated carbocycles. The molecule has 3 aromatic rings. The van der Waals surface area contributed by atoms with E-state index in [1.165, 1.54) is 18.2 Å². The van der Waals surface area contributed by atoms with Crippen LogP contribution in [0.4, 0.5) is 4.39 Å². The molecule has 1 amide bonds. The Bertz CT molecular complexity index is 1120. The van der Waals surface area contributed by atoms with Gasteiger partial charge >= 0.3 is 0 Å². The topological polar surface area (TPSA) is 93.6 Å². The smallest absolute Gasteiger partial charge is 0.257 e. The van der Waals surface area contributed by atoms with Gasteiger partial charge < -0.3 is 20.5 Å². The number of aliphatic hydroxyl groups excluding tert-OH is 1. The van der Waals surface area contributed by atoms with Crippen molar-refractivity contribution in [3.05, 3.63) is 76.4 Å². The molecule has 1 aromatic heterocycles. The van der Waals surface area contributed by atoms with E-state index in [9.17, 15) is 14.3 Å². The van der Waals surface area contributed by atoms with Gasteiger partial charge in [-0.3, -0.25) is 9.48 Å². The second-order valence-electron chi connectivity index (χ2n) is 7.75. The average Bonchev–Trinajstić information content (AvgIpc) is 3.18. The van der Waals surface area contributed by atoms with Crippen LogP contribution in [0.2, 0.25) is 0 Å². The van der Waals surface area contributed by atoms with Crippen LogP contribution in [0.15, 0.2) is 42.5 Å². The lowest BCUT2D eigenvalue weighted by Crippen LogP contribution is -2.37. The van der Waals surface area contributed by atoms with Crippen molar-refractivity contribution in [3.8, 4) is 11.5 Å². The first-order valence-electron chi connectivity index (χ1n) is 10.8. The van der Waals surface area contributed by atoms with Crippen molar-refractivity contribution >= 4 is 30.7 Å². The van der Waals surface area contributed by atoms with Crippen LogP contribution in [0.5, 0.6) is 11.5 Å². The van der Waals surface area contributed by atoms with Crippen LogP contribution < -0.4 is 10.5 Å². The number of aryl methyl sites for hydroxylation is 1. The second kappa shape index (κ2) is 12.2. The quantitative estimate of drug-likeness (QED) is 0.503. The van der Waals surface area contributed by atoms with E-state index in [-0.39, 0.29) is 43.5 Å². The van der Waals surface area contributed by atoms with Gasteiger partial charge in [0.25, 0.3) is 5.91 Å². The second-order valence-corrected chi connectivity index (χ2v) is 7.75. The number of aromatic nitrogens is 2. The monoisotopic (exact) mass is 510 g/mol. The number of carbonyl (C=O) groups is 1. The van der Waals surface area contributed by atoms with E-state index < -0.39 is 11.7 Å². The van der Waals surface area contributed by atoms with Crippen molar-refractivity contribution in [2.24, 2.45) is 5.73 Å². The highest BCUT2D eigenvalue weighted by Crippen LogP contribution is 2.28. The summed E-state index contributed by atoms with van der Waals surface area (Å²) in [5.74, 6) is -0.0325. The van der Waals surface area contributed by atoms with E-state index in [0.717, 1.165) is 23.2 Å². The van der Waals surface area contributed by atoms with Gasteiger partial charge in [-0.2, -0.15) is 5.10 Å². The van der Waals surface area contributed by atoms with Gasteiger partial charge in [0.2, 0.25) is 0 Å². The Morgan fingerprint density at radius 3 is 2.53 bits per heavy atom. The van der Waals surface area contributed by atoms with Gasteiger partial charge in [-0.15, -0.1) is 24.8 Å². The van der Waals surface area contributed by atoms with Gasteiger partial charge in [0, 0.05) is 37.3 Å². The van der Waals surface area contributed by atoms with Crippen LogP contribution in [0.1, 0.15) is 39.8 Å². The summed E-state index contributed by atoms with van der Waals surface area (Å²) in [6.07, 6.45) is 1.39. The molecular weight excluding hydrogens is 482 g/mol. The summed E-state index contributed by atoms with van der Waals surface area (Å²) >= 11 is 0. The zero-order chi connectivity index (χ0) is 22.7. The maximum atomic E-state index is 14.6. The van der Waals surface area contributed by atoms with E-state index in [4.69, 9.17) is 10.5 Å². The number of halogens is 3. The zero-order valence-corrected chi connectivity index (χ0v) is 20.5. The summed E-state index contributed by atoms with van der Waals surface area (Å²) in [6.45, 7) is 3.79. The Kier molecular flexibility index (Phi) is 9.88. The Morgan fingerprint density at radius 2 is 1.88 bits per heavy atom. The fourth-order valence-corrected chi connectivity index (χ4v) is 4.05. The van der Waals surface area contributed by atoms with Crippen molar-refractivity contribution in [1.29, 1.82) is 0 Å². The average molecular weight is 511 g/mol. The highest BCUT2D eigenvalue weighted by Gasteiger charge is 2.29. The molecule has 184 valence electrons. The molecule has 7 nitrogen and oxygen atoms in total. The minimum atomic E-state index is -0.599. The first-order chi connectivity index (χ1) is 15.5. The number of hydrogen-bond donors (Lipinski definition) is 2. The lowest BCUT2D eigenvalue weighted by atomic mass is 10.0. The Balaban J connectivity index is 0.00000204. The van der Waals surface area contributed by atoms with Gasteiger partial charge in [-0.1, -0.05) is 12.1 Å². The van der Waals surface area contributed by atoms with Crippen LogP contribution in [-0.4, -0.2) is 38.8 Å². The molecular formula is C24H29Cl2FN4O3. The summed E-state index contributed by atoms with van der Waals surface area (Å²) in [6, 6.07) is 11.7. The highest BCUT2D eigenvalue weighted by atomic mass is 35.5. The molecule has 0 spiro atoms. The number of aliphatic hydroxyl groups is 1. The number of carbonyl (C=O) groups excluding carboxylic acids is 1. The summed E-state index contributed by atoms with van der Waals surface area (Å²) in [4.78, 5) is 14.7. The number of fused-ring (bicyclic) bond motifs is 1. The molecule has 0 fully saturated rings. The molecule has 0 aliphatic carbocycles. The number of nitrogens with two attached hydrogens (primary N) is 1. The van der Waals surface area contributed by atoms with Gasteiger partial charge in [-0.05, 0) is 55.8 Å². The first kappa shape index (κ1) is 27.6. The molecule has 0 bridgehead atoms. The van der Waals surface area contributed by atoms with Gasteiger partial charge in [-0.25, -0.2) is 4.39 Å². The minimum absolute atomic E-state index is 0. The largest absolute Gasteiger partial charge is 0.457 e. The highest BCUT2D eigenvalue weighted by molar-refractivity contribution is 5.95. The molecule has 3 N–H and O–H groups in total. The predicted octanol–water partition coefficient (Wildman–Crippen LogP) is 3.87. The van der Waals surface area contributed by atoms with E-state index >= 15 is 0 Å². The Hall–Kier alpha value is -2.65. The number of amides is 1. The number of rotatable bonds is 7. The van der Waals surface area contributed by atoms with Crippen LogP contribution in [0.25, 0.3) is 0 Å². The number of nitrogens with zero attached hydrogens (tertiary/aromatic N) is 3. The van der Waals surface area contributed by atoms with E-state index in [0.29, 0.717) is 43.2 Å². The zero-order valence-electron chi connectivity index (χ0n) is 18.9. The van der Waals surface area contributed by atoms with E-state index in [2.05, 4.69) is 5.10 Å². The standard InChI is InChI=1S/C24H27FN4O3.2ClH/c1-2-29-23-10-12-28(14-20(23)22(15-30)27-29)24(31)19-13-18(7-8-21(19)25)32-17-5-3-16(4-6-17)9-11-26;;/h3-8,13,30H,2,9-12,14-15,26H2,1H3;2*1H. The lowest BCUT2D eigenvalue weighted by molar-refractivity contribution is 0.0727. The summed E-state index contributed by atoms with van der Waals surface area (Å²) in [5.41, 5.74) is 9.07. The van der Waals surface area contributed by atoms with Crippen LogP contribution in [0, 0.1) is 5.82 Å². The minimum Gasteiger partial charge on any atom is -0.457 e. The fraction of sp³-hybridized carbons (Fsp3) is 0.333. The normalized spacial score (nSPS) is 12.4.